The Labute approximate surface area is 194 Å². The van der Waals surface area contributed by atoms with Crippen LogP contribution in [0.15, 0.2) is 36.4 Å². The zero-order chi connectivity index (χ0) is 22.8. The number of morpholine rings is 1. The van der Waals surface area contributed by atoms with Crippen LogP contribution >= 0.6 is 11.6 Å². The topological polar surface area (TPSA) is 62.7 Å². The van der Waals surface area contributed by atoms with E-state index in [1.54, 1.807) is 12.1 Å². The normalized spacial score (nSPS) is 22.1. The standard InChI is InChI=1S/C25H30ClN3O3/c1-16-8-9-21(25(31)29-14-17(2)32-18(3)15-29)23(27-16)19-10-12-28(13-11-19)24(30)20-6-4-5-7-22(20)26/h4-9,17-19H,10-15H2,1-3H3/t17-,18+. The number of aromatic nitrogens is 1. The summed E-state index contributed by atoms with van der Waals surface area (Å²) < 4.78 is 5.79. The lowest BCUT2D eigenvalue weighted by Gasteiger charge is -2.36. The number of carbonyl (C=O) groups excluding carboxylic acids is 2. The highest BCUT2D eigenvalue weighted by Gasteiger charge is 2.32. The molecule has 0 radical (unpaired) electrons. The number of rotatable bonds is 3. The van der Waals surface area contributed by atoms with E-state index in [-0.39, 0.29) is 29.9 Å². The fourth-order valence-electron chi connectivity index (χ4n) is 4.74. The molecule has 1 aromatic carbocycles. The van der Waals surface area contributed by atoms with Crippen LogP contribution in [0.1, 0.15) is 64.7 Å². The number of hydrogen-bond acceptors (Lipinski definition) is 4. The molecule has 2 atom stereocenters. The third kappa shape index (κ3) is 4.81. The molecule has 0 unspecified atom stereocenters. The Hall–Kier alpha value is -2.44. The summed E-state index contributed by atoms with van der Waals surface area (Å²) in [4.78, 5) is 34.8. The molecular weight excluding hydrogens is 426 g/mol. The number of amides is 2. The number of piperidine rings is 1. The van der Waals surface area contributed by atoms with Crippen LogP contribution in [0.25, 0.3) is 0 Å². The maximum absolute atomic E-state index is 13.4. The summed E-state index contributed by atoms with van der Waals surface area (Å²) in [5, 5.41) is 0.474. The van der Waals surface area contributed by atoms with Crippen molar-refractivity contribution in [3.63, 3.8) is 0 Å². The van der Waals surface area contributed by atoms with Crippen LogP contribution in [-0.2, 0) is 4.74 Å². The predicted molar refractivity (Wildman–Crippen MR) is 124 cm³/mol. The second-order valence-electron chi connectivity index (χ2n) is 8.90. The molecule has 0 saturated carbocycles. The van der Waals surface area contributed by atoms with Gasteiger partial charge in [-0.3, -0.25) is 14.6 Å². The van der Waals surface area contributed by atoms with Crippen molar-refractivity contribution in [3.8, 4) is 0 Å². The molecule has 2 amide bonds. The minimum Gasteiger partial charge on any atom is -0.372 e. The summed E-state index contributed by atoms with van der Waals surface area (Å²) in [5.74, 6) is 0.114. The minimum absolute atomic E-state index is 0.0172. The smallest absolute Gasteiger partial charge is 0.255 e. The van der Waals surface area contributed by atoms with Gasteiger partial charge in [0.1, 0.15) is 0 Å². The van der Waals surface area contributed by atoms with Gasteiger partial charge < -0.3 is 14.5 Å². The first-order chi connectivity index (χ1) is 15.3. The molecule has 0 aliphatic carbocycles. The van der Waals surface area contributed by atoms with Gasteiger partial charge in [-0.15, -0.1) is 0 Å². The van der Waals surface area contributed by atoms with Crippen molar-refractivity contribution in [2.24, 2.45) is 0 Å². The average Bonchev–Trinajstić information content (AvgIpc) is 2.78. The van der Waals surface area contributed by atoms with Crippen molar-refractivity contribution in [2.45, 2.75) is 51.7 Å². The van der Waals surface area contributed by atoms with E-state index in [1.165, 1.54) is 0 Å². The monoisotopic (exact) mass is 455 g/mol. The molecule has 0 N–H and O–H groups in total. The van der Waals surface area contributed by atoms with Gasteiger partial charge in [-0.05, 0) is 57.9 Å². The van der Waals surface area contributed by atoms with E-state index in [0.29, 0.717) is 42.3 Å². The van der Waals surface area contributed by atoms with Gasteiger partial charge >= 0.3 is 0 Å². The van der Waals surface area contributed by atoms with Crippen molar-refractivity contribution in [1.82, 2.24) is 14.8 Å². The van der Waals surface area contributed by atoms with Gasteiger partial charge in [0.2, 0.25) is 0 Å². The molecule has 3 heterocycles. The highest BCUT2D eigenvalue weighted by molar-refractivity contribution is 6.33. The van der Waals surface area contributed by atoms with Crippen LogP contribution in [0.3, 0.4) is 0 Å². The van der Waals surface area contributed by atoms with Crippen LogP contribution < -0.4 is 0 Å². The highest BCUT2D eigenvalue weighted by Crippen LogP contribution is 2.31. The van der Waals surface area contributed by atoms with E-state index in [1.807, 2.05) is 54.8 Å². The molecule has 0 spiro atoms. The lowest BCUT2D eigenvalue weighted by Crippen LogP contribution is -2.48. The SMILES string of the molecule is Cc1ccc(C(=O)N2C[C@@H](C)O[C@@H](C)C2)c(C2CCN(C(=O)c3ccccc3Cl)CC2)n1. The Balaban J connectivity index is 1.50. The second kappa shape index (κ2) is 9.59. The minimum atomic E-state index is -0.0427. The third-order valence-corrected chi connectivity index (χ3v) is 6.60. The zero-order valence-corrected chi connectivity index (χ0v) is 19.6. The average molecular weight is 456 g/mol. The first-order valence-corrected chi connectivity index (χ1v) is 11.7. The number of aryl methyl sites for hydroxylation is 1. The van der Waals surface area contributed by atoms with Gasteiger partial charge in [-0.1, -0.05) is 23.7 Å². The summed E-state index contributed by atoms with van der Waals surface area (Å²) in [5.41, 5.74) is 2.96. The number of benzene rings is 1. The predicted octanol–water partition coefficient (Wildman–Crippen LogP) is 4.31. The van der Waals surface area contributed by atoms with E-state index in [9.17, 15) is 9.59 Å². The highest BCUT2D eigenvalue weighted by atomic mass is 35.5. The first-order valence-electron chi connectivity index (χ1n) is 11.3. The molecule has 7 heteroatoms. The van der Waals surface area contributed by atoms with E-state index in [2.05, 4.69) is 0 Å². The summed E-state index contributed by atoms with van der Waals surface area (Å²) in [6.07, 6.45) is 1.57. The number of carbonyl (C=O) groups is 2. The molecule has 2 saturated heterocycles. The van der Waals surface area contributed by atoms with Crippen LogP contribution in [0, 0.1) is 6.92 Å². The van der Waals surface area contributed by atoms with E-state index >= 15 is 0 Å². The summed E-state index contributed by atoms with van der Waals surface area (Å²) in [6, 6.07) is 11.0. The van der Waals surface area contributed by atoms with Gasteiger partial charge in [-0.2, -0.15) is 0 Å². The van der Waals surface area contributed by atoms with E-state index in [4.69, 9.17) is 21.3 Å². The molecule has 2 aliphatic rings. The van der Waals surface area contributed by atoms with Crippen LogP contribution in [0.4, 0.5) is 0 Å². The molecule has 32 heavy (non-hydrogen) atoms. The van der Waals surface area contributed by atoms with Gasteiger partial charge in [0, 0.05) is 37.8 Å². The quantitative estimate of drug-likeness (QED) is 0.691. The fraction of sp³-hybridized carbons (Fsp3) is 0.480. The number of ether oxygens (including phenoxy) is 1. The number of pyridine rings is 1. The van der Waals surface area contributed by atoms with Crippen molar-refractivity contribution >= 4 is 23.4 Å². The summed E-state index contributed by atoms with van der Waals surface area (Å²) >= 11 is 6.22. The van der Waals surface area contributed by atoms with Crippen LogP contribution in [0.5, 0.6) is 0 Å². The zero-order valence-electron chi connectivity index (χ0n) is 18.9. The van der Waals surface area contributed by atoms with Crippen molar-refractivity contribution in [1.29, 1.82) is 0 Å². The molecule has 0 bridgehead atoms. The summed E-state index contributed by atoms with van der Waals surface area (Å²) in [6.45, 7) is 8.34. The third-order valence-electron chi connectivity index (χ3n) is 6.27. The van der Waals surface area contributed by atoms with E-state index < -0.39 is 0 Å². The Morgan fingerprint density at radius 1 is 0.938 bits per heavy atom. The first kappa shape index (κ1) is 22.7. The van der Waals surface area contributed by atoms with Gasteiger partial charge in [0.25, 0.3) is 11.8 Å². The molecule has 6 nitrogen and oxygen atoms in total. The largest absolute Gasteiger partial charge is 0.372 e. The van der Waals surface area contributed by atoms with Crippen molar-refractivity contribution < 1.29 is 14.3 Å². The maximum atomic E-state index is 13.4. The number of hydrogen-bond donors (Lipinski definition) is 0. The second-order valence-corrected chi connectivity index (χ2v) is 9.31. The number of halogens is 1. The van der Waals surface area contributed by atoms with Crippen LogP contribution in [0.2, 0.25) is 5.02 Å². The van der Waals surface area contributed by atoms with Gasteiger partial charge in [0.05, 0.1) is 34.1 Å². The van der Waals surface area contributed by atoms with Crippen molar-refractivity contribution in [3.05, 3.63) is 63.9 Å². The Morgan fingerprint density at radius 3 is 2.22 bits per heavy atom. The fourth-order valence-corrected chi connectivity index (χ4v) is 4.96. The van der Waals surface area contributed by atoms with Gasteiger partial charge in [0.15, 0.2) is 0 Å². The molecule has 1 aromatic heterocycles. The maximum Gasteiger partial charge on any atom is 0.255 e. The molecular formula is C25H30ClN3O3. The Kier molecular flexibility index (Phi) is 6.82. The molecule has 4 rings (SSSR count). The molecule has 170 valence electrons. The Bertz CT molecular complexity index is 994. The Morgan fingerprint density at radius 2 is 1.56 bits per heavy atom. The molecule has 2 aliphatic heterocycles. The van der Waals surface area contributed by atoms with Crippen LogP contribution in [-0.4, -0.2) is 65.0 Å². The molecule has 2 aromatic rings. The number of nitrogens with zero attached hydrogens (tertiary/aromatic N) is 3. The lowest BCUT2D eigenvalue weighted by molar-refractivity contribution is -0.0586. The van der Waals surface area contributed by atoms with Gasteiger partial charge in [-0.25, -0.2) is 0 Å². The number of likely N-dealkylation sites (tertiary alicyclic amines) is 1. The lowest BCUT2D eigenvalue weighted by atomic mass is 9.89. The molecule has 2 fully saturated rings. The van der Waals surface area contributed by atoms with Crippen molar-refractivity contribution in [2.75, 3.05) is 26.2 Å². The van der Waals surface area contributed by atoms with E-state index in [0.717, 1.165) is 24.2 Å². The summed E-state index contributed by atoms with van der Waals surface area (Å²) in [7, 11) is 0.